The number of piperazine rings is 1. The second-order valence-electron chi connectivity index (χ2n) is 5.49. The Morgan fingerprint density at radius 2 is 2.05 bits per heavy atom. The normalized spacial score (nSPS) is 28.8. The first-order valence-corrected chi connectivity index (χ1v) is 6.86. The van der Waals surface area contributed by atoms with E-state index in [1.807, 2.05) is 35.2 Å². The van der Waals surface area contributed by atoms with Crippen LogP contribution in [0.1, 0.15) is 31.9 Å². The summed E-state index contributed by atoms with van der Waals surface area (Å²) in [7, 11) is 0. The Balaban J connectivity index is 2.13. The molecule has 1 aromatic rings. The molecule has 1 aromatic carbocycles. The lowest BCUT2D eigenvalue weighted by atomic mass is 9.90. The lowest BCUT2D eigenvalue weighted by molar-refractivity contribution is -0.00383. The van der Waals surface area contributed by atoms with Crippen molar-refractivity contribution in [2.45, 2.75) is 38.3 Å². The molecule has 1 N–H and O–H groups in total. The standard InChI is InChI=1S/C15H22F2N2/c1-3-15(2)11-18-13(9-19(15)10-14(16)17)12-7-5-4-6-8-12/h4-8,13-14,18H,3,9-11H2,1-2H3. The van der Waals surface area contributed by atoms with Gasteiger partial charge in [-0.2, -0.15) is 0 Å². The Kier molecular flexibility index (Phi) is 4.53. The van der Waals surface area contributed by atoms with Gasteiger partial charge in [-0.1, -0.05) is 37.3 Å². The molecule has 0 bridgehead atoms. The molecule has 1 aliphatic rings. The summed E-state index contributed by atoms with van der Waals surface area (Å²) in [5, 5.41) is 3.49. The van der Waals surface area contributed by atoms with Gasteiger partial charge in [0, 0.05) is 24.7 Å². The third-order valence-electron chi connectivity index (χ3n) is 4.22. The Labute approximate surface area is 113 Å². The number of nitrogens with one attached hydrogen (secondary N) is 1. The van der Waals surface area contributed by atoms with Crippen LogP contribution >= 0.6 is 0 Å². The van der Waals surface area contributed by atoms with Crippen molar-refractivity contribution in [1.29, 1.82) is 0 Å². The SMILES string of the molecule is CCC1(C)CNC(c2ccccc2)CN1CC(F)F. The van der Waals surface area contributed by atoms with Crippen LogP contribution in [-0.2, 0) is 0 Å². The number of hydrogen-bond acceptors (Lipinski definition) is 2. The average Bonchev–Trinajstić information content (AvgIpc) is 2.42. The zero-order valence-electron chi connectivity index (χ0n) is 11.6. The highest BCUT2D eigenvalue weighted by molar-refractivity contribution is 5.20. The van der Waals surface area contributed by atoms with Crippen LogP contribution in [0, 0.1) is 0 Å². The van der Waals surface area contributed by atoms with Gasteiger partial charge in [0.2, 0.25) is 0 Å². The minimum absolute atomic E-state index is 0.138. The summed E-state index contributed by atoms with van der Waals surface area (Å²) in [4.78, 5) is 1.94. The molecule has 0 aromatic heterocycles. The minimum Gasteiger partial charge on any atom is -0.307 e. The van der Waals surface area contributed by atoms with Crippen molar-refractivity contribution in [3.8, 4) is 0 Å². The van der Waals surface area contributed by atoms with E-state index in [2.05, 4.69) is 19.2 Å². The monoisotopic (exact) mass is 268 g/mol. The van der Waals surface area contributed by atoms with Crippen molar-refractivity contribution in [1.82, 2.24) is 10.2 Å². The molecular formula is C15H22F2N2. The fourth-order valence-electron chi connectivity index (χ4n) is 2.68. The van der Waals surface area contributed by atoms with Gasteiger partial charge in [-0.25, -0.2) is 8.78 Å². The van der Waals surface area contributed by atoms with Gasteiger partial charge in [0.05, 0.1) is 6.54 Å². The molecule has 19 heavy (non-hydrogen) atoms. The maximum atomic E-state index is 12.8. The predicted molar refractivity (Wildman–Crippen MR) is 73.5 cm³/mol. The first-order valence-electron chi connectivity index (χ1n) is 6.86. The number of nitrogens with zero attached hydrogens (tertiary/aromatic N) is 1. The van der Waals surface area contributed by atoms with Crippen molar-refractivity contribution in [3.63, 3.8) is 0 Å². The van der Waals surface area contributed by atoms with Crippen LogP contribution in [0.15, 0.2) is 30.3 Å². The molecule has 2 atom stereocenters. The van der Waals surface area contributed by atoms with E-state index in [0.29, 0.717) is 6.54 Å². The van der Waals surface area contributed by atoms with Crippen molar-refractivity contribution in [3.05, 3.63) is 35.9 Å². The van der Waals surface area contributed by atoms with E-state index < -0.39 is 6.43 Å². The summed E-state index contributed by atoms with van der Waals surface area (Å²) >= 11 is 0. The molecule has 1 heterocycles. The number of alkyl halides is 2. The van der Waals surface area contributed by atoms with E-state index in [-0.39, 0.29) is 18.1 Å². The van der Waals surface area contributed by atoms with Gasteiger partial charge in [-0.15, -0.1) is 0 Å². The van der Waals surface area contributed by atoms with Crippen LogP contribution in [0.2, 0.25) is 0 Å². The molecule has 1 aliphatic heterocycles. The number of halogens is 2. The number of benzene rings is 1. The van der Waals surface area contributed by atoms with Crippen LogP contribution in [0.25, 0.3) is 0 Å². The maximum Gasteiger partial charge on any atom is 0.251 e. The average molecular weight is 268 g/mol. The van der Waals surface area contributed by atoms with E-state index >= 15 is 0 Å². The zero-order valence-corrected chi connectivity index (χ0v) is 11.6. The van der Waals surface area contributed by atoms with Crippen LogP contribution < -0.4 is 5.32 Å². The fourth-order valence-corrected chi connectivity index (χ4v) is 2.68. The van der Waals surface area contributed by atoms with Crippen LogP contribution in [0.4, 0.5) is 8.78 Å². The highest BCUT2D eigenvalue weighted by atomic mass is 19.3. The molecule has 106 valence electrons. The topological polar surface area (TPSA) is 15.3 Å². The molecule has 0 aliphatic carbocycles. The van der Waals surface area contributed by atoms with Gasteiger partial charge < -0.3 is 5.32 Å². The summed E-state index contributed by atoms with van der Waals surface area (Å²) in [6, 6.07) is 10.2. The van der Waals surface area contributed by atoms with Crippen molar-refractivity contribution in [2.24, 2.45) is 0 Å². The van der Waals surface area contributed by atoms with Crippen molar-refractivity contribution >= 4 is 0 Å². The summed E-state index contributed by atoms with van der Waals surface area (Å²) < 4.78 is 25.5. The van der Waals surface area contributed by atoms with E-state index in [9.17, 15) is 8.78 Å². The van der Waals surface area contributed by atoms with Crippen molar-refractivity contribution < 1.29 is 8.78 Å². The van der Waals surface area contributed by atoms with Crippen LogP contribution in [0.5, 0.6) is 0 Å². The minimum atomic E-state index is -2.28. The van der Waals surface area contributed by atoms with E-state index in [1.54, 1.807) is 0 Å². The second-order valence-corrected chi connectivity index (χ2v) is 5.49. The van der Waals surface area contributed by atoms with Gasteiger partial charge >= 0.3 is 0 Å². The molecule has 4 heteroatoms. The van der Waals surface area contributed by atoms with E-state index in [1.165, 1.54) is 5.56 Å². The molecule has 1 saturated heterocycles. The van der Waals surface area contributed by atoms with E-state index in [4.69, 9.17) is 0 Å². The van der Waals surface area contributed by atoms with Gasteiger partial charge in [-0.05, 0) is 18.9 Å². The highest BCUT2D eigenvalue weighted by Gasteiger charge is 2.37. The summed E-state index contributed by atoms with van der Waals surface area (Å²) in [5.41, 5.74) is 0.988. The quantitative estimate of drug-likeness (QED) is 0.903. The predicted octanol–water partition coefficient (Wildman–Crippen LogP) is 3.07. The van der Waals surface area contributed by atoms with Gasteiger partial charge in [-0.3, -0.25) is 4.90 Å². The van der Waals surface area contributed by atoms with E-state index in [0.717, 1.165) is 13.0 Å². The zero-order chi connectivity index (χ0) is 13.9. The van der Waals surface area contributed by atoms with Crippen molar-refractivity contribution in [2.75, 3.05) is 19.6 Å². The lowest BCUT2D eigenvalue weighted by Gasteiger charge is -2.48. The largest absolute Gasteiger partial charge is 0.307 e. The third-order valence-corrected chi connectivity index (χ3v) is 4.22. The number of rotatable bonds is 4. The summed E-state index contributed by atoms with van der Waals surface area (Å²) in [6.45, 7) is 5.36. The van der Waals surface area contributed by atoms with Crippen LogP contribution in [0.3, 0.4) is 0 Å². The molecule has 1 fully saturated rings. The highest BCUT2D eigenvalue weighted by Crippen LogP contribution is 2.28. The fraction of sp³-hybridized carbons (Fsp3) is 0.600. The number of hydrogen-bond donors (Lipinski definition) is 1. The van der Waals surface area contributed by atoms with Gasteiger partial charge in [0.25, 0.3) is 6.43 Å². The summed E-state index contributed by atoms with van der Waals surface area (Å²) in [5.74, 6) is 0. The second kappa shape index (κ2) is 5.97. The molecule has 2 nitrogen and oxygen atoms in total. The molecule has 0 amide bonds. The molecule has 2 rings (SSSR count). The third kappa shape index (κ3) is 3.31. The smallest absolute Gasteiger partial charge is 0.251 e. The Bertz CT molecular complexity index is 396. The first kappa shape index (κ1) is 14.4. The Morgan fingerprint density at radius 1 is 1.37 bits per heavy atom. The van der Waals surface area contributed by atoms with Gasteiger partial charge in [0.1, 0.15) is 0 Å². The van der Waals surface area contributed by atoms with Crippen LogP contribution in [-0.4, -0.2) is 36.5 Å². The Hall–Kier alpha value is -1.00. The molecular weight excluding hydrogens is 246 g/mol. The maximum absolute atomic E-state index is 12.8. The molecule has 2 unspecified atom stereocenters. The molecule has 0 radical (unpaired) electrons. The van der Waals surface area contributed by atoms with Gasteiger partial charge in [0.15, 0.2) is 0 Å². The molecule has 0 saturated carbocycles. The molecule has 0 spiro atoms. The summed E-state index contributed by atoms with van der Waals surface area (Å²) in [6.07, 6.45) is -1.41. The first-order chi connectivity index (χ1) is 9.05. The lowest BCUT2D eigenvalue weighted by Crippen LogP contribution is -2.61. The Morgan fingerprint density at radius 3 is 2.63 bits per heavy atom.